The molecule has 0 spiro atoms. The number of alkyl halides is 6. The zero-order valence-corrected chi connectivity index (χ0v) is 14.4. The number of amides is 1. The van der Waals surface area contributed by atoms with E-state index >= 15 is 0 Å². The van der Waals surface area contributed by atoms with E-state index in [4.69, 9.17) is 0 Å². The van der Waals surface area contributed by atoms with Crippen LogP contribution in [0.15, 0.2) is 48.8 Å². The number of anilines is 1. The van der Waals surface area contributed by atoms with Crippen LogP contribution in [-0.4, -0.2) is 15.5 Å². The molecule has 0 saturated carbocycles. The third-order valence-electron chi connectivity index (χ3n) is 3.88. The van der Waals surface area contributed by atoms with Gasteiger partial charge < -0.3 is 5.32 Å². The summed E-state index contributed by atoms with van der Waals surface area (Å²) in [6, 6.07) is 4.95. The molecule has 1 amide bonds. The van der Waals surface area contributed by atoms with Crippen LogP contribution in [0, 0.1) is 11.6 Å². The number of nitrogens with one attached hydrogen (secondary N) is 1. The molecule has 0 aliphatic carbocycles. The van der Waals surface area contributed by atoms with E-state index in [2.05, 4.69) is 4.98 Å². The minimum absolute atomic E-state index is 0.269. The van der Waals surface area contributed by atoms with Crippen molar-refractivity contribution in [2.45, 2.75) is 12.4 Å². The molecule has 0 aliphatic heterocycles. The molecule has 30 heavy (non-hydrogen) atoms. The van der Waals surface area contributed by atoms with E-state index in [0.29, 0.717) is 24.5 Å². The van der Waals surface area contributed by atoms with Crippen molar-refractivity contribution in [1.29, 1.82) is 0 Å². The quantitative estimate of drug-likeness (QED) is 0.557. The molecule has 3 rings (SSSR count). The summed E-state index contributed by atoms with van der Waals surface area (Å²) in [4.78, 5) is 15.6. The van der Waals surface area contributed by atoms with Gasteiger partial charge in [-0.25, -0.2) is 13.8 Å². The average molecular weight is 435 g/mol. The smallest absolute Gasteiger partial charge is 0.318 e. The van der Waals surface area contributed by atoms with Crippen LogP contribution < -0.4 is 5.32 Å². The molecule has 12 heteroatoms. The molecule has 0 bridgehead atoms. The van der Waals surface area contributed by atoms with Gasteiger partial charge in [0.1, 0.15) is 18.0 Å². The fourth-order valence-corrected chi connectivity index (χ4v) is 2.59. The van der Waals surface area contributed by atoms with Crippen molar-refractivity contribution >= 4 is 11.6 Å². The van der Waals surface area contributed by atoms with Gasteiger partial charge >= 0.3 is 12.4 Å². The minimum atomic E-state index is -5.20. The van der Waals surface area contributed by atoms with Gasteiger partial charge in [-0.2, -0.15) is 26.3 Å². The zero-order valence-electron chi connectivity index (χ0n) is 14.4. The van der Waals surface area contributed by atoms with Crippen molar-refractivity contribution in [3.63, 3.8) is 0 Å². The van der Waals surface area contributed by atoms with Crippen LogP contribution >= 0.6 is 0 Å². The Kier molecular flexibility index (Phi) is 5.27. The first-order valence-corrected chi connectivity index (χ1v) is 7.96. The molecule has 158 valence electrons. The molecule has 0 atom stereocenters. The molecule has 0 fully saturated rings. The number of hydrogen-bond donors (Lipinski definition) is 1. The minimum Gasteiger partial charge on any atom is -0.318 e. The van der Waals surface area contributed by atoms with E-state index < -0.39 is 58.2 Å². The molecular formula is C18H9F8N3O. The monoisotopic (exact) mass is 435 g/mol. The highest BCUT2D eigenvalue weighted by atomic mass is 19.4. The summed E-state index contributed by atoms with van der Waals surface area (Å²) in [5, 5.41) is 1.83. The van der Waals surface area contributed by atoms with Crippen LogP contribution in [0.4, 0.5) is 40.8 Å². The number of nitrogens with zero attached hydrogens (tertiary/aromatic N) is 2. The van der Waals surface area contributed by atoms with E-state index in [1.165, 1.54) is 0 Å². The van der Waals surface area contributed by atoms with Crippen LogP contribution in [-0.2, 0) is 12.4 Å². The number of carbonyl (C=O) groups is 1. The van der Waals surface area contributed by atoms with Gasteiger partial charge in [0.2, 0.25) is 0 Å². The van der Waals surface area contributed by atoms with E-state index in [1.54, 1.807) is 0 Å². The molecule has 1 N–H and O–H groups in total. The summed E-state index contributed by atoms with van der Waals surface area (Å²) >= 11 is 0. The first-order valence-electron chi connectivity index (χ1n) is 7.96. The van der Waals surface area contributed by atoms with Crippen molar-refractivity contribution in [2.24, 2.45) is 0 Å². The normalized spacial score (nSPS) is 12.1. The van der Waals surface area contributed by atoms with Crippen LogP contribution in [0.1, 0.15) is 21.7 Å². The third-order valence-corrected chi connectivity index (χ3v) is 3.88. The van der Waals surface area contributed by atoms with E-state index in [0.717, 1.165) is 24.3 Å². The zero-order chi connectivity index (χ0) is 22.3. The standard InChI is InChI=1S/C18H9F8N3O/c19-10-4-5-13(12(20)7-10)28-16(30)14-15(18(24,25)26)29(8-27-14)11-3-1-2-9(6-11)17(21,22)23/h1-8H,(H,28,30). The predicted molar refractivity (Wildman–Crippen MR) is 87.9 cm³/mol. The Bertz CT molecular complexity index is 1100. The second-order valence-corrected chi connectivity index (χ2v) is 5.94. The lowest BCUT2D eigenvalue weighted by atomic mass is 10.2. The lowest BCUT2D eigenvalue weighted by Crippen LogP contribution is -2.21. The molecule has 3 aromatic rings. The van der Waals surface area contributed by atoms with E-state index in [9.17, 15) is 39.9 Å². The lowest BCUT2D eigenvalue weighted by Gasteiger charge is -2.14. The average Bonchev–Trinajstić information content (AvgIpc) is 3.09. The van der Waals surface area contributed by atoms with Gasteiger partial charge in [-0.1, -0.05) is 6.07 Å². The van der Waals surface area contributed by atoms with Crippen LogP contribution in [0.25, 0.3) is 5.69 Å². The summed E-state index contributed by atoms with van der Waals surface area (Å²) in [6.07, 6.45) is -9.48. The first-order chi connectivity index (χ1) is 13.9. The van der Waals surface area contributed by atoms with E-state index in [-0.39, 0.29) is 4.57 Å². The highest BCUT2D eigenvalue weighted by Crippen LogP contribution is 2.36. The highest BCUT2D eigenvalue weighted by molar-refractivity contribution is 6.04. The number of carbonyl (C=O) groups excluding carboxylic acids is 1. The SMILES string of the molecule is O=C(Nc1ccc(F)cc1F)c1ncn(-c2cccc(C(F)(F)F)c2)c1C(F)(F)F. The summed E-state index contributed by atoms with van der Waals surface area (Å²) in [5.41, 5.74) is -5.23. The molecule has 0 unspecified atom stereocenters. The predicted octanol–water partition coefficient (Wildman–Crippen LogP) is 5.44. The maximum atomic E-state index is 13.7. The Balaban J connectivity index is 2.06. The Morgan fingerprint density at radius 3 is 2.23 bits per heavy atom. The van der Waals surface area contributed by atoms with Crippen molar-refractivity contribution in [3.8, 4) is 5.69 Å². The van der Waals surface area contributed by atoms with Crippen LogP contribution in [0.2, 0.25) is 0 Å². The molecule has 1 heterocycles. The number of imidazole rings is 1. The Morgan fingerprint density at radius 2 is 1.63 bits per heavy atom. The maximum absolute atomic E-state index is 13.7. The van der Waals surface area contributed by atoms with Gasteiger partial charge in [0.25, 0.3) is 5.91 Å². The van der Waals surface area contributed by atoms with Gasteiger partial charge in [-0.05, 0) is 30.3 Å². The van der Waals surface area contributed by atoms with Crippen molar-refractivity contribution in [3.05, 3.63) is 77.4 Å². The molecule has 0 aliphatic rings. The van der Waals surface area contributed by atoms with Crippen LogP contribution in [0.5, 0.6) is 0 Å². The summed E-state index contributed by atoms with van der Waals surface area (Å²) in [5.74, 6) is -3.71. The Hall–Kier alpha value is -3.44. The molecule has 0 radical (unpaired) electrons. The highest BCUT2D eigenvalue weighted by Gasteiger charge is 2.41. The van der Waals surface area contributed by atoms with Crippen molar-refractivity contribution in [1.82, 2.24) is 9.55 Å². The lowest BCUT2D eigenvalue weighted by molar-refractivity contribution is -0.142. The second-order valence-electron chi connectivity index (χ2n) is 5.94. The number of rotatable bonds is 3. The maximum Gasteiger partial charge on any atom is 0.434 e. The van der Waals surface area contributed by atoms with Gasteiger partial charge in [-0.15, -0.1) is 0 Å². The van der Waals surface area contributed by atoms with Gasteiger partial charge in [0.15, 0.2) is 11.4 Å². The number of halogens is 8. The summed E-state index contributed by atoms with van der Waals surface area (Å²) in [6.45, 7) is 0. The van der Waals surface area contributed by atoms with E-state index in [1.807, 2.05) is 5.32 Å². The van der Waals surface area contributed by atoms with Crippen LogP contribution in [0.3, 0.4) is 0 Å². The van der Waals surface area contributed by atoms with Gasteiger partial charge in [-0.3, -0.25) is 9.36 Å². The summed E-state index contributed by atoms with van der Waals surface area (Å²) < 4.78 is 106. The molecular weight excluding hydrogens is 426 g/mol. The largest absolute Gasteiger partial charge is 0.434 e. The first kappa shape index (κ1) is 21.3. The molecule has 4 nitrogen and oxygen atoms in total. The fraction of sp³-hybridized carbons (Fsp3) is 0.111. The van der Waals surface area contributed by atoms with Gasteiger partial charge in [0.05, 0.1) is 11.3 Å². The topological polar surface area (TPSA) is 46.9 Å². The third kappa shape index (κ3) is 4.26. The number of aromatic nitrogens is 2. The fourth-order valence-electron chi connectivity index (χ4n) is 2.59. The second kappa shape index (κ2) is 7.43. The summed E-state index contributed by atoms with van der Waals surface area (Å²) in [7, 11) is 0. The molecule has 1 aromatic heterocycles. The Morgan fingerprint density at radius 1 is 0.933 bits per heavy atom. The molecule has 0 saturated heterocycles. The number of hydrogen-bond acceptors (Lipinski definition) is 2. The Labute approximate surface area is 162 Å². The van der Waals surface area contributed by atoms with Crippen molar-refractivity contribution in [2.75, 3.05) is 5.32 Å². The number of benzene rings is 2. The molecule has 2 aromatic carbocycles. The van der Waals surface area contributed by atoms with Gasteiger partial charge in [0, 0.05) is 11.8 Å². The van der Waals surface area contributed by atoms with Crippen molar-refractivity contribution < 1.29 is 39.9 Å².